The Kier molecular flexibility index (Phi) is 11.0. The second-order valence-electron chi connectivity index (χ2n) is 5.05. The number of hydrogen-bond acceptors (Lipinski definition) is 2. The number of pyridine rings is 1. The fraction of sp³-hybridized carbons (Fsp3) is 0.450. The summed E-state index contributed by atoms with van der Waals surface area (Å²) in [5, 5.41) is 7.00. The maximum atomic E-state index is 7.00. The average molecular weight is 301 g/mol. The van der Waals surface area contributed by atoms with Gasteiger partial charge in [0.2, 0.25) is 0 Å². The van der Waals surface area contributed by atoms with Gasteiger partial charge in [0.1, 0.15) is 0 Å². The number of benzene rings is 1. The predicted octanol–water partition coefficient (Wildman–Crippen LogP) is 4.82. The fourth-order valence-corrected chi connectivity index (χ4v) is 2.56. The van der Waals surface area contributed by atoms with Crippen LogP contribution in [0.15, 0.2) is 36.4 Å². The summed E-state index contributed by atoms with van der Waals surface area (Å²) in [6.07, 6.45) is 3.96. The molecule has 122 valence electrons. The molecule has 0 unspecified atom stereocenters. The first-order chi connectivity index (χ1) is 10.6. The standard InChI is InChI=1S/C9H10.C8H11N.C2H6.CH4O/c1-2-5-9-7-3-6-8(9)4-1;1-6-4-7(2)9-8(3)5-6;2*1-2/h1-2,4-5H,3,6-7H2;4-5H,1-3H3;1-2H3;2H,1H3. The Morgan fingerprint density at radius 2 is 1.23 bits per heavy atom. The zero-order valence-corrected chi connectivity index (χ0v) is 15.0. The molecule has 0 saturated carbocycles. The van der Waals surface area contributed by atoms with Crippen LogP contribution in [0.5, 0.6) is 0 Å². The summed E-state index contributed by atoms with van der Waals surface area (Å²) in [6, 6.07) is 12.9. The first kappa shape index (κ1) is 20.3. The summed E-state index contributed by atoms with van der Waals surface area (Å²) < 4.78 is 0. The van der Waals surface area contributed by atoms with Crippen molar-refractivity contribution in [1.29, 1.82) is 0 Å². The van der Waals surface area contributed by atoms with Gasteiger partial charge in [-0.15, -0.1) is 0 Å². The second kappa shape index (κ2) is 11.9. The lowest BCUT2D eigenvalue weighted by Crippen LogP contribution is -1.85. The van der Waals surface area contributed by atoms with Crippen molar-refractivity contribution in [3.63, 3.8) is 0 Å². The average Bonchev–Trinajstić information content (AvgIpc) is 2.99. The molecule has 0 fully saturated rings. The number of rotatable bonds is 0. The summed E-state index contributed by atoms with van der Waals surface area (Å²) in [5.41, 5.74) is 6.63. The van der Waals surface area contributed by atoms with Crippen LogP contribution in [0.2, 0.25) is 0 Å². The molecule has 2 heteroatoms. The van der Waals surface area contributed by atoms with Gasteiger partial charge in [-0.3, -0.25) is 4.98 Å². The van der Waals surface area contributed by atoms with E-state index in [2.05, 4.69) is 48.3 Å². The van der Waals surface area contributed by atoms with Gasteiger partial charge in [-0.2, -0.15) is 0 Å². The lowest BCUT2D eigenvalue weighted by molar-refractivity contribution is 0.399. The van der Waals surface area contributed by atoms with E-state index in [9.17, 15) is 0 Å². The number of aliphatic hydroxyl groups excluding tert-OH is 1. The molecule has 1 aromatic carbocycles. The molecule has 0 atom stereocenters. The van der Waals surface area contributed by atoms with Crippen molar-refractivity contribution < 1.29 is 5.11 Å². The van der Waals surface area contributed by atoms with Gasteiger partial charge >= 0.3 is 0 Å². The summed E-state index contributed by atoms with van der Waals surface area (Å²) in [7, 11) is 1.00. The number of hydrogen-bond donors (Lipinski definition) is 1. The smallest absolute Gasteiger partial charge is 0.0378 e. The SMILES string of the molecule is CC.CO.Cc1cc(C)nc(C)c1.c1ccc2c(c1)CCC2. The van der Waals surface area contributed by atoms with E-state index < -0.39 is 0 Å². The number of nitrogens with zero attached hydrogens (tertiary/aromatic N) is 1. The first-order valence-corrected chi connectivity index (χ1v) is 8.08. The predicted molar refractivity (Wildman–Crippen MR) is 96.4 cm³/mol. The molecule has 2 aromatic rings. The normalized spacial score (nSPS) is 10.9. The van der Waals surface area contributed by atoms with Crippen molar-refractivity contribution in [3.8, 4) is 0 Å². The Labute approximate surface area is 136 Å². The monoisotopic (exact) mass is 301 g/mol. The Morgan fingerprint density at radius 3 is 1.59 bits per heavy atom. The van der Waals surface area contributed by atoms with Crippen LogP contribution in [0, 0.1) is 20.8 Å². The zero-order chi connectivity index (χ0) is 17.0. The molecule has 0 aliphatic heterocycles. The summed E-state index contributed by atoms with van der Waals surface area (Å²) in [4.78, 5) is 4.23. The highest BCUT2D eigenvalue weighted by molar-refractivity contribution is 5.30. The van der Waals surface area contributed by atoms with Gasteiger partial charge in [0.15, 0.2) is 0 Å². The molecule has 0 saturated heterocycles. The molecule has 1 aliphatic rings. The van der Waals surface area contributed by atoms with Gasteiger partial charge in [0, 0.05) is 18.5 Å². The summed E-state index contributed by atoms with van der Waals surface area (Å²) >= 11 is 0. The van der Waals surface area contributed by atoms with Gasteiger partial charge in [-0.1, -0.05) is 38.1 Å². The lowest BCUT2D eigenvalue weighted by Gasteiger charge is -1.96. The van der Waals surface area contributed by atoms with Crippen LogP contribution in [-0.4, -0.2) is 17.2 Å². The molecule has 0 bridgehead atoms. The molecule has 1 N–H and O–H groups in total. The minimum absolute atomic E-state index is 1.00. The Morgan fingerprint density at radius 1 is 0.818 bits per heavy atom. The van der Waals surface area contributed by atoms with Crippen LogP contribution in [0.4, 0.5) is 0 Å². The Balaban J connectivity index is 0.000000328. The van der Waals surface area contributed by atoms with Crippen LogP contribution >= 0.6 is 0 Å². The molecule has 0 amide bonds. The van der Waals surface area contributed by atoms with E-state index in [1.165, 1.54) is 24.8 Å². The first-order valence-electron chi connectivity index (χ1n) is 8.08. The molecule has 0 radical (unpaired) electrons. The number of aryl methyl sites for hydroxylation is 5. The second-order valence-corrected chi connectivity index (χ2v) is 5.05. The maximum Gasteiger partial charge on any atom is 0.0378 e. The number of aliphatic hydroxyl groups is 1. The van der Waals surface area contributed by atoms with E-state index >= 15 is 0 Å². The van der Waals surface area contributed by atoms with Gasteiger partial charge in [-0.25, -0.2) is 0 Å². The molecule has 2 nitrogen and oxygen atoms in total. The fourth-order valence-electron chi connectivity index (χ4n) is 2.56. The van der Waals surface area contributed by atoms with Crippen molar-refractivity contribution in [1.82, 2.24) is 4.98 Å². The zero-order valence-electron chi connectivity index (χ0n) is 15.0. The van der Waals surface area contributed by atoms with E-state index in [4.69, 9.17) is 5.11 Å². The molecule has 1 aliphatic carbocycles. The summed E-state index contributed by atoms with van der Waals surface area (Å²) in [5.74, 6) is 0. The van der Waals surface area contributed by atoms with Gasteiger partial charge < -0.3 is 5.11 Å². The third-order valence-electron chi connectivity index (χ3n) is 3.24. The van der Waals surface area contributed by atoms with Crippen molar-refractivity contribution in [2.24, 2.45) is 0 Å². The maximum absolute atomic E-state index is 7.00. The lowest BCUT2D eigenvalue weighted by atomic mass is 10.1. The minimum Gasteiger partial charge on any atom is -0.400 e. The van der Waals surface area contributed by atoms with Crippen LogP contribution in [0.25, 0.3) is 0 Å². The number of fused-ring (bicyclic) bond motifs is 1. The van der Waals surface area contributed by atoms with Crippen LogP contribution < -0.4 is 0 Å². The third kappa shape index (κ3) is 7.37. The van der Waals surface area contributed by atoms with Crippen LogP contribution in [-0.2, 0) is 12.8 Å². The van der Waals surface area contributed by atoms with E-state index in [0.717, 1.165) is 18.5 Å². The van der Waals surface area contributed by atoms with Gasteiger partial charge in [-0.05, 0) is 68.9 Å². The highest BCUT2D eigenvalue weighted by Gasteiger charge is 2.07. The molecular weight excluding hydrogens is 270 g/mol. The van der Waals surface area contributed by atoms with Crippen molar-refractivity contribution >= 4 is 0 Å². The topological polar surface area (TPSA) is 33.1 Å². The van der Waals surface area contributed by atoms with Crippen molar-refractivity contribution in [2.75, 3.05) is 7.11 Å². The molecule has 22 heavy (non-hydrogen) atoms. The Hall–Kier alpha value is -1.67. The quantitative estimate of drug-likeness (QED) is 0.757. The largest absolute Gasteiger partial charge is 0.400 e. The molecule has 3 rings (SSSR count). The van der Waals surface area contributed by atoms with Crippen molar-refractivity contribution in [3.05, 3.63) is 64.5 Å². The van der Waals surface area contributed by atoms with E-state index in [1.54, 1.807) is 11.1 Å². The third-order valence-corrected chi connectivity index (χ3v) is 3.24. The van der Waals surface area contributed by atoms with Gasteiger partial charge in [0.25, 0.3) is 0 Å². The molecule has 1 aromatic heterocycles. The summed E-state index contributed by atoms with van der Waals surface area (Å²) in [6.45, 7) is 10.1. The van der Waals surface area contributed by atoms with Crippen LogP contribution in [0.1, 0.15) is 48.3 Å². The van der Waals surface area contributed by atoms with Gasteiger partial charge in [0.05, 0.1) is 0 Å². The molecular formula is C20H31NO. The van der Waals surface area contributed by atoms with E-state index in [0.29, 0.717) is 0 Å². The highest BCUT2D eigenvalue weighted by Crippen LogP contribution is 2.20. The molecule has 1 heterocycles. The van der Waals surface area contributed by atoms with Crippen molar-refractivity contribution in [2.45, 2.75) is 53.9 Å². The van der Waals surface area contributed by atoms with E-state index in [-0.39, 0.29) is 0 Å². The molecule has 0 spiro atoms. The number of aromatic nitrogens is 1. The highest BCUT2D eigenvalue weighted by atomic mass is 16.2. The van der Waals surface area contributed by atoms with E-state index in [1.807, 2.05) is 27.7 Å². The Bertz CT molecular complexity index is 462. The van der Waals surface area contributed by atoms with Crippen LogP contribution in [0.3, 0.4) is 0 Å². The minimum atomic E-state index is 1.00.